The first-order valence-electron chi connectivity index (χ1n) is 8.53. The zero-order valence-electron chi connectivity index (χ0n) is 15.1. The molecule has 1 aliphatic heterocycles. The Bertz CT molecular complexity index is 922. The van der Waals surface area contributed by atoms with Crippen LogP contribution in [0.1, 0.15) is 34.6 Å². The number of fused-ring (bicyclic) bond motifs is 1. The number of carbonyl (C=O) groups excluding carboxylic acids is 4. The summed E-state index contributed by atoms with van der Waals surface area (Å²) in [4.78, 5) is 50.4. The summed E-state index contributed by atoms with van der Waals surface area (Å²) in [6, 6.07) is 11.6. The van der Waals surface area contributed by atoms with Crippen LogP contribution in [0.15, 0.2) is 48.5 Å². The standard InChI is InChI=1S/C20H17ClN2O5/c1-11(23-18(25)15-5-3-4-6-16(15)19(23)26)20(27)28-12(2)17(24)22-14-9-7-13(21)8-10-14/h3-12H,1-2H3,(H,22,24)/t11-,12-/m1/s1. The van der Waals surface area contributed by atoms with Crippen molar-refractivity contribution in [3.05, 3.63) is 64.7 Å². The summed E-state index contributed by atoms with van der Waals surface area (Å²) in [5, 5.41) is 3.11. The summed E-state index contributed by atoms with van der Waals surface area (Å²) >= 11 is 5.79. The van der Waals surface area contributed by atoms with Gasteiger partial charge in [-0.1, -0.05) is 23.7 Å². The van der Waals surface area contributed by atoms with E-state index in [0.717, 1.165) is 4.90 Å². The second-order valence-electron chi connectivity index (χ2n) is 6.28. The highest BCUT2D eigenvalue weighted by Gasteiger charge is 2.41. The SMILES string of the molecule is C[C@H](C(=O)O[C@H](C)C(=O)Nc1ccc(Cl)cc1)N1C(=O)c2ccccc2C1=O. The number of hydrogen-bond acceptors (Lipinski definition) is 5. The van der Waals surface area contributed by atoms with Crippen molar-refractivity contribution in [3.8, 4) is 0 Å². The molecule has 0 bridgehead atoms. The zero-order valence-corrected chi connectivity index (χ0v) is 15.9. The minimum atomic E-state index is -1.17. The average Bonchev–Trinajstić information content (AvgIpc) is 2.93. The van der Waals surface area contributed by atoms with Gasteiger partial charge in [-0.3, -0.25) is 19.3 Å². The van der Waals surface area contributed by atoms with Crippen LogP contribution >= 0.6 is 11.6 Å². The molecule has 0 fully saturated rings. The fraction of sp³-hybridized carbons (Fsp3) is 0.200. The lowest BCUT2D eigenvalue weighted by Crippen LogP contribution is -2.45. The predicted molar refractivity (Wildman–Crippen MR) is 102 cm³/mol. The molecule has 7 nitrogen and oxygen atoms in total. The molecule has 0 saturated heterocycles. The zero-order chi connectivity index (χ0) is 20.4. The van der Waals surface area contributed by atoms with E-state index < -0.39 is 35.8 Å². The number of carbonyl (C=O) groups is 4. The first-order chi connectivity index (χ1) is 13.3. The Morgan fingerprint density at radius 2 is 1.50 bits per heavy atom. The molecule has 0 aliphatic carbocycles. The van der Waals surface area contributed by atoms with Gasteiger partial charge in [0.2, 0.25) is 0 Å². The molecule has 1 aliphatic rings. The Labute approximate surface area is 166 Å². The summed E-state index contributed by atoms with van der Waals surface area (Å²) in [6.07, 6.45) is -1.12. The second-order valence-corrected chi connectivity index (χ2v) is 6.71. The molecule has 1 heterocycles. The summed E-state index contributed by atoms with van der Waals surface area (Å²) in [6.45, 7) is 2.78. The van der Waals surface area contributed by atoms with Crippen molar-refractivity contribution in [2.75, 3.05) is 5.32 Å². The van der Waals surface area contributed by atoms with Gasteiger partial charge in [0.25, 0.3) is 17.7 Å². The maximum atomic E-state index is 12.4. The van der Waals surface area contributed by atoms with Crippen molar-refractivity contribution in [2.45, 2.75) is 26.0 Å². The molecule has 3 rings (SSSR count). The largest absolute Gasteiger partial charge is 0.451 e. The smallest absolute Gasteiger partial charge is 0.329 e. The van der Waals surface area contributed by atoms with Gasteiger partial charge in [-0.25, -0.2) is 4.79 Å². The lowest BCUT2D eigenvalue weighted by molar-refractivity contribution is -0.156. The average molecular weight is 401 g/mol. The third kappa shape index (κ3) is 3.75. The van der Waals surface area contributed by atoms with E-state index in [2.05, 4.69) is 5.32 Å². The summed E-state index contributed by atoms with van der Waals surface area (Å²) in [5.41, 5.74) is 0.965. The van der Waals surface area contributed by atoms with Crippen molar-refractivity contribution in [1.82, 2.24) is 4.90 Å². The van der Waals surface area contributed by atoms with Gasteiger partial charge in [0, 0.05) is 10.7 Å². The van der Waals surface area contributed by atoms with Crippen LogP contribution in [0.25, 0.3) is 0 Å². The van der Waals surface area contributed by atoms with Crippen LogP contribution in [-0.2, 0) is 14.3 Å². The predicted octanol–water partition coefficient (Wildman–Crippen LogP) is 2.89. The van der Waals surface area contributed by atoms with E-state index in [4.69, 9.17) is 16.3 Å². The summed E-state index contributed by atoms with van der Waals surface area (Å²) in [7, 11) is 0. The number of esters is 1. The Kier molecular flexibility index (Phi) is 5.46. The first-order valence-corrected chi connectivity index (χ1v) is 8.91. The third-order valence-electron chi connectivity index (χ3n) is 4.33. The van der Waals surface area contributed by atoms with Gasteiger partial charge in [-0.15, -0.1) is 0 Å². The number of ether oxygens (including phenoxy) is 1. The molecule has 28 heavy (non-hydrogen) atoms. The quantitative estimate of drug-likeness (QED) is 0.615. The van der Waals surface area contributed by atoms with Crippen LogP contribution in [0.4, 0.5) is 5.69 Å². The molecular weight excluding hydrogens is 384 g/mol. The van der Waals surface area contributed by atoms with Gasteiger partial charge in [0.05, 0.1) is 11.1 Å². The van der Waals surface area contributed by atoms with Crippen molar-refractivity contribution in [2.24, 2.45) is 0 Å². The van der Waals surface area contributed by atoms with E-state index >= 15 is 0 Å². The number of amides is 3. The van der Waals surface area contributed by atoms with Gasteiger partial charge in [0.15, 0.2) is 6.10 Å². The van der Waals surface area contributed by atoms with Crippen LogP contribution in [0.5, 0.6) is 0 Å². The first kappa shape index (κ1) is 19.6. The number of hydrogen-bond donors (Lipinski definition) is 1. The number of benzene rings is 2. The minimum absolute atomic E-state index is 0.237. The van der Waals surface area contributed by atoms with Crippen molar-refractivity contribution >= 4 is 41.0 Å². The van der Waals surface area contributed by atoms with Crippen LogP contribution < -0.4 is 5.32 Å². The van der Waals surface area contributed by atoms with E-state index in [1.165, 1.54) is 26.0 Å². The lowest BCUT2D eigenvalue weighted by Gasteiger charge is -2.22. The van der Waals surface area contributed by atoms with Gasteiger partial charge in [-0.2, -0.15) is 0 Å². The second kappa shape index (κ2) is 7.82. The molecule has 0 saturated carbocycles. The topological polar surface area (TPSA) is 92.8 Å². The van der Waals surface area contributed by atoms with Crippen molar-refractivity contribution < 1.29 is 23.9 Å². The number of halogens is 1. The van der Waals surface area contributed by atoms with Crippen LogP contribution in [0.2, 0.25) is 5.02 Å². The molecule has 8 heteroatoms. The molecule has 0 spiro atoms. The molecule has 0 radical (unpaired) electrons. The van der Waals surface area contributed by atoms with Crippen LogP contribution in [0, 0.1) is 0 Å². The van der Waals surface area contributed by atoms with E-state index in [9.17, 15) is 19.2 Å². The number of rotatable bonds is 5. The highest BCUT2D eigenvalue weighted by atomic mass is 35.5. The van der Waals surface area contributed by atoms with E-state index in [1.54, 1.807) is 36.4 Å². The molecule has 1 N–H and O–H groups in total. The highest BCUT2D eigenvalue weighted by Crippen LogP contribution is 2.25. The fourth-order valence-electron chi connectivity index (χ4n) is 2.77. The van der Waals surface area contributed by atoms with Crippen molar-refractivity contribution in [3.63, 3.8) is 0 Å². The molecule has 0 aromatic heterocycles. The normalized spacial score (nSPS) is 15.0. The number of nitrogens with one attached hydrogen (secondary N) is 1. The number of imide groups is 1. The Hall–Kier alpha value is -3.19. The monoisotopic (exact) mass is 400 g/mol. The van der Waals surface area contributed by atoms with Gasteiger partial charge >= 0.3 is 5.97 Å². The minimum Gasteiger partial charge on any atom is -0.451 e. The third-order valence-corrected chi connectivity index (χ3v) is 4.58. The maximum Gasteiger partial charge on any atom is 0.329 e. The molecule has 2 aromatic rings. The maximum absolute atomic E-state index is 12.4. The van der Waals surface area contributed by atoms with Crippen LogP contribution in [0.3, 0.4) is 0 Å². The fourth-order valence-corrected chi connectivity index (χ4v) is 2.89. The molecule has 144 valence electrons. The molecule has 2 aromatic carbocycles. The van der Waals surface area contributed by atoms with Crippen molar-refractivity contribution in [1.29, 1.82) is 0 Å². The molecule has 3 amide bonds. The number of nitrogens with zero attached hydrogens (tertiary/aromatic N) is 1. The van der Waals surface area contributed by atoms with E-state index in [1.807, 2.05) is 0 Å². The van der Waals surface area contributed by atoms with E-state index in [0.29, 0.717) is 10.7 Å². The summed E-state index contributed by atoms with van der Waals surface area (Å²) in [5.74, 6) is -2.54. The van der Waals surface area contributed by atoms with Crippen LogP contribution in [-0.4, -0.2) is 40.7 Å². The highest BCUT2D eigenvalue weighted by molar-refractivity contribution is 6.30. The van der Waals surface area contributed by atoms with Gasteiger partial charge in [-0.05, 0) is 50.2 Å². The van der Waals surface area contributed by atoms with Gasteiger partial charge in [0.1, 0.15) is 6.04 Å². The molecule has 2 atom stereocenters. The molecule has 0 unspecified atom stereocenters. The van der Waals surface area contributed by atoms with Gasteiger partial charge < -0.3 is 10.1 Å². The van der Waals surface area contributed by atoms with E-state index in [-0.39, 0.29) is 11.1 Å². The Morgan fingerprint density at radius 1 is 0.964 bits per heavy atom. The molecular formula is C20H17ClN2O5. The number of anilines is 1. The summed E-state index contributed by atoms with van der Waals surface area (Å²) < 4.78 is 5.15. The lowest BCUT2D eigenvalue weighted by atomic mass is 10.1. The Balaban J connectivity index is 1.64. The Morgan fingerprint density at radius 3 is 2.04 bits per heavy atom.